The first-order chi connectivity index (χ1) is 8.99. The zero-order chi connectivity index (χ0) is 14.0. The van der Waals surface area contributed by atoms with E-state index in [-0.39, 0.29) is 17.6 Å². The Morgan fingerprint density at radius 3 is 2.79 bits per heavy atom. The molecule has 100 valence electrons. The van der Waals surface area contributed by atoms with Crippen LogP contribution in [0.5, 0.6) is 0 Å². The van der Waals surface area contributed by atoms with Crippen LogP contribution >= 0.6 is 0 Å². The van der Waals surface area contributed by atoms with E-state index in [0.29, 0.717) is 17.3 Å². The highest BCUT2D eigenvalue weighted by molar-refractivity contribution is 5.58. The minimum Gasteiger partial charge on any atom is -0.337 e. The fraction of sp³-hybridized carbons (Fsp3) is 0.333. The Morgan fingerprint density at radius 1 is 1.42 bits per heavy atom. The second-order valence-corrected chi connectivity index (χ2v) is 4.53. The number of benzene rings is 1. The molecule has 0 aliphatic carbocycles. The van der Waals surface area contributed by atoms with Crippen LogP contribution in [-0.4, -0.2) is 15.1 Å². The largest absolute Gasteiger partial charge is 0.337 e. The molecule has 7 heteroatoms. The molecule has 2 rings (SSSR count). The molecular formula is C12H14N4O3. The third-order valence-electron chi connectivity index (χ3n) is 2.76. The van der Waals surface area contributed by atoms with Crippen LogP contribution in [-0.2, 0) is 0 Å². The number of non-ortho nitro benzene ring substituents is 1. The summed E-state index contributed by atoms with van der Waals surface area (Å²) in [7, 11) is 0. The Kier molecular flexibility index (Phi) is 3.57. The lowest BCUT2D eigenvalue weighted by Crippen LogP contribution is -2.16. The predicted molar refractivity (Wildman–Crippen MR) is 68.2 cm³/mol. The summed E-state index contributed by atoms with van der Waals surface area (Å²) in [4.78, 5) is 14.4. The minimum atomic E-state index is -0.468. The Morgan fingerprint density at radius 2 is 2.16 bits per heavy atom. The molecule has 7 nitrogen and oxygen atoms in total. The second kappa shape index (κ2) is 5.15. The van der Waals surface area contributed by atoms with Crippen LogP contribution in [0, 0.1) is 16.0 Å². The molecule has 1 atom stereocenters. The smallest absolute Gasteiger partial charge is 0.270 e. The predicted octanol–water partition coefficient (Wildman–Crippen LogP) is 2.30. The molecule has 0 aliphatic rings. The van der Waals surface area contributed by atoms with Gasteiger partial charge in [-0.3, -0.25) is 10.1 Å². The van der Waals surface area contributed by atoms with Crippen LogP contribution in [0.4, 0.5) is 5.69 Å². The average Bonchev–Trinajstić information content (AvgIpc) is 2.87. The number of nitro groups is 1. The standard InChI is InChI=1S/C12H14N4O3/c1-7(2)10(13)12-14-11(15-19-12)8-4-3-5-9(6-8)16(17)18/h3-7,10H,13H2,1-2H3/t10-/m0/s1. The van der Waals surface area contributed by atoms with Crippen molar-refractivity contribution in [3.63, 3.8) is 0 Å². The van der Waals surface area contributed by atoms with E-state index in [1.807, 2.05) is 13.8 Å². The van der Waals surface area contributed by atoms with Crippen molar-refractivity contribution in [3.8, 4) is 11.4 Å². The van der Waals surface area contributed by atoms with Crippen LogP contribution < -0.4 is 5.73 Å². The average molecular weight is 262 g/mol. The third-order valence-corrected chi connectivity index (χ3v) is 2.76. The Hall–Kier alpha value is -2.28. The van der Waals surface area contributed by atoms with E-state index < -0.39 is 4.92 Å². The van der Waals surface area contributed by atoms with E-state index in [9.17, 15) is 10.1 Å². The lowest BCUT2D eigenvalue weighted by Gasteiger charge is -2.09. The van der Waals surface area contributed by atoms with Crippen molar-refractivity contribution >= 4 is 5.69 Å². The van der Waals surface area contributed by atoms with Crippen molar-refractivity contribution in [1.29, 1.82) is 0 Å². The van der Waals surface area contributed by atoms with Crippen molar-refractivity contribution in [3.05, 3.63) is 40.3 Å². The van der Waals surface area contributed by atoms with E-state index >= 15 is 0 Å². The number of hydrogen-bond acceptors (Lipinski definition) is 6. The first-order valence-corrected chi connectivity index (χ1v) is 5.83. The van der Waals surface area contributed by atoms with Gasteiger partial charge in [0, 0.05) is 17.7 Å². The van der Waals surface area contributed by atoms with Crippen LogP contribution in [0.3, 0.4) is 0 Å². The molecule has 0 saturated heterocycles. The Bertz CT molecular complexity index is 594. The number of nitrogens with two attached hydrogens (primary N) is 1. The normalized spacial score (nSPS) is 12.6. The number of aromatic nitrogens is 2. The van der Waals surface area contributed by atoms with Gasteiger partial charge in [-0.15, -0.1) is 0 Å². The van der Waals surface area contributed by atoms with Gasteiger partial charge in [0.25, 0.3) is 5.69 Å². The first-order valence-electron chi connectivity index (χ1n) is 5.83. The van der Waals surface area contributed by atoms with Crippen molar-refractivity contribution in [2.45, 2.75) is 19.9 Å². The van der Waals surface area contributed by atoms with Crippen LogP contribution in [0.1, 0.15) is 25.8 Å². The van der Waals surface area contributed by atoms with E-state index in [0.717, 1.165) is 0 Å². The molecule has 0 spiro atoms. The third kappa shape index (κ3) is 2.76. The van der Waals surface area contributed by atoms with Gasteiger partial charge >= 0.3 is 0 Å². The van der Waals surface area contributed by atoms with Gasteiger partial charge in [-0.25, -0.2) is 0 Å². The molecule has 0 amide bonds. The van der Waals surface area contributed by atoms with Crippen LogP contribution in [0.15, 0.2) is 28.8 Å². The topological polar surface area (TPSA) is 108 Å². The molecule has 0 fully saturated rings. The van der Waals surface area contributed by atoms with Gasteiger partial charge < -0.3 is 10.3 Å². The lowest BCUT2D eigenvalue weighted by atomic mass is 10.1. The van der Waals surface area contributed by atoms with Gasteiger partial charge in [-0.1, -0.05) is 31.1 Å². The van der Waals surface area contributed by atoms with Gasteiger partial charge in [0.2, 0.25) is 11.7 Å². The number of nitro benzene ring substituents is 1. The summed E-state index contributed by atoms with van der Waals surface area (Å²) < 4.78 is 5.09. The van der Waals surface area contributed by atoms with E-state index in [1.165, 1.54) is 12.1 Å². The second-order valence-electron chi connectivity index (χ2n) is 4.53. The fourth-order valence-electron chi connectivity index (χ4n) is 1.53. The Balaban J connectivity index is 2.33. The summed E-state index contributed by atoms with van der Waals surface area (Å²) in [6.07, 6.45) is 0. The maximum absolute atomic E-state index is 10.7. The molecule has 0 unspecified atom stereocenters. The van der Waals surface area contributed by atoms with Crippen molar-refractivity contribution in [1.82, 2.24) is 10.1 Å². The van der Waals surface area contributed by atoms with Crippen molar-refractivity contribution in [2.75, 3.05) is 0 Å². The maximum atomic E-state index is 10.7. The number of nitrogens with zero attached hydrogens (tertiary/aromatic N) is 3. The molecule has 0 saturated carbocycles. The highest BCUT2D eigenvalue weighted by Gasteiger charge is 2.19. The summed E-state index contributed by atoms with van der Waals surface area (Å²) in [5, 5.41) is 14.5. The Labute approximate surface area is 109 Å². The SMILES string of the molecule is CC(C)[C@H](N)c1nc(-c2cccc([N+](=O)[O-])c2)no1. The lowest BCUT2D eigenvalue weighted by molar-refractivity contribution is -0.384. The molecular weight excluding hydrogens is 248 g/mol. The van der Waals surface area contributed by atoms with Crippen LogP contribution in [0.2, 0.25) is 0 Å². The van der Waals surface area contributed by atoms with E-state index in [2.05, 4.69) is 10.1 Å². The summed E-state index contributed by atoms with van der Waals surface area (Å²) >= 11 is 0. The first kappa shape index (κ1) is 13.2. The molecule has 0 bridgehead atoms. The van der Waals surface area contributed by atoms with E-state index in [4.69, 9.17) is 10.3 Å². The van der Waals surface area contributed by atoms with Gasteiger partial charge in [-0.05, 0) is 5.92 Å². The van der Waals surface area contributed by atoms with Gasteiger partial charge in [0.15, 0.2) is 0 Å². The highest BCUT2D eigenvalue weighted by atomic mass is 16.6. The quantitative estimate of drug-likeness (QED) is 0.669. The molecule has 0 aliphatic heterocycles. The molecule has 0 radical (unpaired) electrons. The van der Waals surface area contributed by atoms with Gasteiger partial charge in [0.1, 0.15) is 0 Å². The summed E-state index contributed by atoms with van der Waals surface area (Å²) in [5.41, 5.74) is 6.41. The monoisotopic (exact) mass is 262 g/mol. The zero-order valence-corrected chi connectivity index (χ0v) is 10.6. The maximum Gasteiger partial charge on any atom is 0.270 e. The summed E-state index contributed by atoms with van der Waals surface area (Å²) in [5.74, 6) is 0.796. The fourth-order valence-corrected chi connectivity index (χ4v) is 1.53. The zero-order valence-electron chi connectivity index (χ0n) is 10.6. The molecule has 2 aromatic rings. The molecule has 1 heterocycles. The molecule has 1 aromatic heterocycles. The van der Waals surface area contributed by atoms with Gasteiger partial charge in [0.05, 0.1) is 11.0 Å². The summed E-state index contributed by atoms with van der Waals surface area (Å²) in [6.45, 7) is 3.89. The van der Waals surface area contributed by atoms with Crippen molar-refractivity contribution < 1.29 is 9.45 Å². The molecule has 1 aromatic carbocycles. The number of rotatable bonds is 4. The number of hydrogen-bond donors (Lipinski definition) is 1. The highest BCUT2D eigenvalue weighted by Crippen LogP contribution is 2.24. The van der Waals surface area contributed by atoms with Crippen LogP contribution in [0.25, 0.3) is 11.4 Å². The summed E-state index contributed by atoms with van der Waals surface area (Å²) in [6, 6.07) is 5.72. The molecule has 19 heavy (non-hydrogen) atoms. The molecule has 2 N–H and O–H groups in total. The minimum absolute atomic E-state index is 0.0167. The van der Waals surface area contributed by atoms with Crippen molar-refractivity contribution in [2.24, 2.45) is 11.7 Å². The van der Waals surface area contributed by atoms with Gasteiger partial charge in [-0.2, -0.15) is 4.98 Å². The van der Waals surface area contributed by atoms with E-state index in [1.54, 1.807) is 12.1 Å².